The van der Waals surface area contributed by atoms with E-state index in [1.165, 1.54) is 4.90 Å². The summed E-state index contributed by atoms with van der Waals surface area (Å²) in [5.41, 5.74) is 0. The molecule has 0 radical (unpaired) electrons. The summed E-state index contributed by atoms with van der Waals surface area (Å²) in [7, 11) is 3.25. The fourth-order valence-corrected chi connectivity index (χ4v) is 0.555. The van der Waals surface area contributed by atoms with Crippen LogP contribution < -0.4 is 5.32 Å². The van der Waals surface area contributed by atoms with Gasteiger partial charge in [0.25, 0.3) is 0 Å². The van der Waals surface area contributed by atoms with Gasteiger partial charge in [-0.2, -0.15) is 0 Å². The first-order valence-electron chi connectivity index (χ1n) is 3.54. The molecule has 0 bridgehead atoms. The SMILES string of the molecule is CCNC(=O)CC(=O)N(C)C. The molecule has 0 spiro atoms. The van der Waals surface area contributed by atoms with E-state index in [-0.39, 0.29) is 18.2 Å². The van der Waals surface area contributed by atoms with Crippen LogP contribution in [0.4, 0.5) is 0 Å². The number of nitrogens with zero attached hydrogens (tertiary/aromatic N) is 1. The molecule has 0 fully saturated rings. The zero-order chi connectivity index (χ0) is 8.85. The molecule has 0 rings (SSSR count). The number of amides is 2. The zero-order valence-electron chi connectivity index (χ0n) is 7.18. The minimum absolute atomic E-state index is 0.0547. The molecular formula is C7H14N2O2. The summed E-state index contributed by atoms with van der Waals surface area (Å²) in [6.07, 6.45) is -0.0547. The summed E-state index contributed by atoms with van der Waals surface area (Å²) in [4.78, 5) is 23.1. The summed E-state index contributed by atoms with van der Waals surface area (Å²) in [6.45, 7) is 2.39. The number of nitrogens with one attached hydrogen (secondary N) is 1. The predicted molar refractivity (Wildman–Crippen MR) is 42.0 cm³/mol. The highest BCUT2D eigenvalue weighted by Gasteiger charge is 2.08. The van der Waals surface area contributed by atoms with Crippen molar-refractivity contribution in [2.75, 3.05) is 20.6 Å². The van der Waals surface area contributed by atoms with Crippen LogP contribution in [-0.4, -0.2) is 37.4 Å². The minimum Gasteiger partial charge on any atom is -0.356 e. The molecule has 0 aliphatic rings. The predicted octanol–water partition coefficient (Wildman–Crippen LogP) is -0.399. The molecular weight excluding hydrogens is 144 g/mol. The zero-order valence-corrected chi connectivity index (χ0v) is 7.18. The van der Waals surface area contributed by atoms with Crippen molar-refractivity contribution in [1.82, 2.24) is 10.2 Å². The van der Waals surface area contributed by atoms with Crippen LogP contribution in [0.3, 0.4) is 0 Å². The lowest BCUT2D eigenvalue weighted by molar-refractivity contribution is -0.134. The maximum atomic E-state index is 10.9. The Balaban J connectivity index is 3.67. The number of hydrogen-bond acceptors (Lipinski definition) is 2. The Morgan fingerprint density at radius 1 is 1.36 bits per heavy atom. The van der Waals surface area contributed by atoms with Crippen molar-refractivity contribution in [2.24, 2.45) is 0 Å². The highest BCUT2D eigenvalue weighted by Crippen LogP contribution is 1.85. The molecule has 0 saturated carbocycles. The van der Waals surface area contributed by atoms with Crippen LogP contribution in [0.5, 0.6) is 0 Å². The van der Waals surface area contributed by atoms with E-state index in [4.69, 9.17) is 0 Å². The molecule has 0 aliphatic heterocycles. The molecule has 11 heavy (non-hydrogen) atoms. The van der Waals surface area contributed by atoms with Crippen molar-refractivity contribution in [3.8, 4) is 0 Å². The fraction of sp³-hybridized carbons (Fsp3) is 0.714. The van der Waals surface area contributed by atoms with Crippen LogP contribution in [0.25, 0.3) is 0 Å². The Labute approximate surface area is 66.6 Å². The third kappa shape index (κ3) is 4.36. The molecule has 4 heteroatoms. The average molecular weight is 158 g/mol. The first-order valence-corrected chi connectivity index (χ1v) is 3.54. The van der Waals surface area contributed by atoms with Gasteiger partial charge in [0.05, 0.1) is 0 Å². The van der Waals surface area contributed by atoms with E-state index in [0.29, 0.717) is 6.54 Å². The van der Waals surface area contributed by atoms with Gasteiger partial charge in [0, 0.05) is 20.6 Å². The van der Waals surface area contributed by atoms with Crippen molar-refractivity contribution in [3.05, 3.63) is 0 Å². The van der Waals surface area contributed by atoms with E-state index >= 15 is 0 Å². The second-order valence-electron chi connectivity index (χ2n) is 2.42. The van der Waals surface area contributed by atoms with Gasteiger partial charge >= 0.3 is 0 Å². The molecule has 0 unspecified atom stereocenters. The van der Waals surface area contributed by atoms with Gasteiger partial charge in [-0.3, -0.25) is 9.59 Å². The Hall–Kier alpha value is -1.06. The molecule has 4 nitrogen and oxygen atoms in total. The molecule has 0 saturated heterocycles. The molecule has 0 atom stereocenters. The van der Waals surface area contributed by atoms with Crippen molar-refractivity contribution >= 4 is 11.8 Å². The lowest BCUT2D eigenvalue weighted by atomic mass is 10.3. The van der Waals surface area contributed by atoms with E-state index in [1.54, 1.807) is 14.1 Å². The van der Waals surface area contributed by atoms with Gasteiger partial charge in [0.15, 0.2) is 0 Å². The lowest BCUT2D eigenvalue weighted by Crippen LogP contribution is -2.31. The molecule has 64 valence electrons. The highest BCUT2D eigenvalue weighted by atomic mass is 16.2. The highest BCUT2D eigenvalue weighted by molar-refractivity contribution is 5.96. The van der Waals surface area contributed by atoms with Gasteiger partial charge in [0.1, 0.15) is 6.42 Å². The standard InChI is InChI=1S/C7H14N2O2/c1-4-8-6(10)5-7(11)9(2)3/h4-5H2,1-3H3,(H,8,10). The van der Waals surface area contributed by atoms with E-state index in [0.717, 1.165) is 0 Å². The fourth-order valence-electron chi connectivity index (χ4n) is 0.555. The van der Waals surface area contributed by atoms with Gasteiger partial charge < -0.3 is 10.2 Å². The van der Waals surface area contributed by atoms with Crippen LogP contribution >= 0.6 is 0 Å². The summed E-state index contributed by atoms with van der Waals surface area (Å²) in [6, 6.07) is 0. The second-order valence-corrected chi connectivity index (χ2v) is 2.42. The largest absolute Gasteiger partial charge is 0.356 e. The number of hydrogen-bond donors (Lipinski definition) is 1. The monoisotopic (exact) mass is 158 g/mol. The first-order chi connectivity index (χ1) is 5.07. The van der Waals surface area contributed by atoms with E-state index in [9.17, 15) is 9.59 Å². The lowest BCUT2D eigenvalue weighted by Gasteiger charge is -2.08. The van der Waals surface area contributed by atoms with Crippen molar-refractivity contribution < 1.29 is 9.59 Å². The summed E-state index contributed by atoms with van der Waals surface area (Å²) < 4.78 is 0. The van der Waals surface area contributed by atoms with Crippen molar-refractivity contribution in [2.45, 2.75) is 13.3 Å². The van der Waals surface area contributed by atoms with Gasteiger partial charge in [-0.25, -0.2) is 0 Å². The molecule has 0 aromatic carbocycles. The smallest absolute Gasteiger partial charge is 0.231 e. The molecule has 1 N–H and O–H groups in total. The topological polar surface area (TPSA) is 49.4 Å². The first kappa shape index (κ1) is 9.94. The van der Waals surface area contributed by atoms with Gasteiger partial charge in [0.2, 0.25) is 11.8 Å². The number of rotatable bonds is 3. The van der Waals surface area contributed by atoms with Gasteiger partial charge in [-0.15, -0.1) is 0 Å². The minimum atomic E-state index is -0.216. The average Bonchev–Trinajstić information content (AvgIpc) is 1.87. The summed E-state index contributed by atoms with van der Waals surface area (Å²) in [5, 5.41) is 2.54. The Morgan fingerprint density at radius 2 is 1.91 bits per heavy atom. The van der Waals surface area contributed by atoms with E-state index < -0.39 is 0 Å². The van der Waals surface area contributed by atoms with Crippen molar-refractivity contribution in [3.63, 3.8) is 0 Å². The maximum absolute atomic E-state index is 10.9. The van der Waals surface area contributed by atoms with Crippen molar-refractivity contribution in [1.29, 1.82) is 0 Å². The molecule has 0 aliphatic carbocycles. The maximum Gasteiger partial charge on any atom is 0.231 e. The van der Waals surface area contributed by atoms with Gasteiger partial charge in [-0.1, -0.05) is 0 Å². The Bertz CT molecular complexity index is 155. The molecule has 0 aromatic rings. The van der Waals surface area contributed by atoms with Crippen LogP contribution in [0.1, 0.15) is 13.3 Å². The molecule has 0 aromatic heterocycles. The van der Waals surface area contributed by atoms with E-state index in [2.05, 4.69) is 5.32 Å². The summed E-state index contributed by atoms with van der Waals surface area (Å²) in [5.74, 6) is -0.387. The van der Waals surface area contributed by atoms with Crippen LogP contribution in [0.2, 0.25) is 0 Å². The van der Waals surface area contributed by atoms with Crippen LogP contribution in [0, 0.1) is 0 Å². The molecule has 2 amide bonds. The molecule has 0 heterocycles. The Kier molecular flexibility index (Phi) is 4.26. The van der Waals surface area contributed by atoms with Crippen LogP contribution in [-0.2, 0) is 9.59 Å². The number of carbonyl (C=O) groups is 2. The van der Waals surface area contributed by atoms with Crippen LogP contribution in [0.15, 0.2) is 0 Å². The Morgan fingerprint density at radius 3 is 2.27 bits per heavy atom. The summed E-state index contributed by atoms with van der Waals surface area (Å²) >= 11 is 0. The quantitative estimate of drug-likeness (QED) is 0.568. The third-order valence-corrected chi connectivity index (χ3v) is 1.18. The normalized spacial score (nSPS) is 9.00. The third-order valence-electron chi connectivity index (χ3n) is 1.18. The van der Waals surface area contributed by atoms with Gasteiger partial charge in [-0.05, 0) is 6.92 Å². The second kappa shape index (κ2) is 4.71. The van der Waals surface area contributed by atoms with E-state index in [1.807, 2.05) is 6.92 Å². The number of carbonyl (C=O) groups excluding carboxylic acids is 2.